The van der Waals surface area contributed by atoms with Crippen LogP contribution < -0.4 is 4.18 Å². The molecule has 0 fully saturated rings. The van der Waals surface area contributed by atoms with Crippen molar-refractivity contribution >= 4 is 21.9 Å². The summed E-state index contributed by atoms with van der Waals surface area (Å²) in [4.78, 5) is 23.2. The molecule has 22 heavy (non-hydrogen) atoms. The van der Waals surface area contributed by atoms with Gasteiger partial charge in [-0.1, -0.05) is 0 Å². The molecule has 0 aromatic heterocycles. The molecule has 2 heterocycles. The highest BCUT2D eigenvalue weighted by Gasteiger charge is 2.28. The average Bonchev–Trinajstić information content (AvgIpc) is 2.36. The van der Waals surface area contributed by atoms with Crippen molar-refractivity contribution in [3.05, 3.63) is 29.3 Å². The van der Waals surface area contributed by atoms with Crippen LogP contribution in [0.2, 0.25) is 0 Å². The minimum Gasteiger partial charge on any atom is -0.462 e. The molecule has 122 valence electrons. The summed E-state index contributed by atoms with van der Waals surface area (Å²) in [6.45, 7) is -1.90. The second-order valence-electron chi connectivity index (χ2n) is 3.89. The Hall–Kier alpha value is -2.10. The van der Waals surface area contributed by atoms with Gasteiger partial charge in [0, 0.05) is 5.56 Å². The lowest BCUT2D eigenvalue weighted by Crippen LogP contribution is -2.25. The predicted molar refractivity (Wildman–Crippen MR) is 68.3 cm³/mol. The van der Waals surface area contributed by atoms with Crippen molar-refractivity contribution in [1.29, 1.82) is 0 Å². The molecule has 0 radical (unpaired) electrons. The topological polar surface area (TPSA) is 86.7 Å². The zero-order valence-corrected chi connectivity index (χ0v) is 12.0. The van der Waals surface area contributed by atoms with Gasteiger partial charge < -0.3 is 8.92 Å². The maximum absolute atomic E-state index is 11.6. The van der Waals surface area contributed by atoms with E-state index >= 15 is 0 Å². The van der Waals surface area contributed by atoms with Gasteiger partial charge in [-0.05, 0) is 25.1 Å². The maximum Gasteiger partial charge on any atom is 0.379 e. The van der Waals surface area contributed by atoms with Crippen LogP contribution in [0.3, 0.4) is 0 Å². The monoisotopic (exact) mass is 340 g/mol. The van der Waals surface area contributed by atoms with Crippen molar-refractivity contribution in [2.75, 3.05) is 12.4 Å². The molecule has 2 bridgehead atoms. The van der Waals surface area contributed by atoms with E-state index in [1.807, 2.05) is 0 Å². The van der Waals surface area contributed by atoms with Gasteiger partial charge in [-0.25, -0.2) is 4.79 Å². The molecule has 2 aliphatic rings. The van der Waals surface area contributed by atoms with E-state index < -0.39 is 34.3 Å². The minimum atomic E-state index is -4.01. The van der Waals surface area contributed by atoms with Gasteiger partial charge in [0.2, 0.25) is 0 Å². The van der Waals surface area contributed by atoms with Crippen LogP contribution in [-0.4, -0.2) is 39.2 Å². The number of hydrogen-bond acceptors (Lipinski definition) is 6. The molecule has 0 unspecified atom stereocenters. The highest BCUT2D eigenvalue weighted by Crippen LogP contribution is 2.26. The Kier molecular flexibility index (Phi) is 5.92. The number of Topliss-reactive ketones (excluding diaryl/α,β-unsaturated/α-hetero) is 1. The summed E-state index contributed by atoms with van der Waals surface area (Å²) in [6.07, 6.45) is 0. The molecule has 1 aromatic carbocycles. The SMILES string of the molecule is CCOC(=O)c1cc2ccc1OS(=O)(=O)CC2=O.FC(F)F. The van der Waals surface area contributed by atoms with Crippen LogP contribution in [-0.2, 0) is 14.9 Å². The van der Waals surface area contributed by atoms with E-state index in [1.165, 1.54) is 18.2 Å². The summed E-state index contributed by atoms with van der Waals surface area (Å²) in [6, 6.07) is 3.97. The van der Waals surface area contributed by atoms with Crippen LogP contribution in [0, 0.1) is 0 Å². The van der Waals surface area contributed by atoms with E-state index in [0.29, 0.717) is 0 Å². The molecule has 0 N–H and O–H groups in total. The number of rotatable bonds is 2. The van der Waals surface area contributed by atoms with Gasteiger partial charge in [-0.15, -0.1) is 0 Å². The molecule has 1 aromatic rings. The Morgan fingerprint density at radius 3 is 2.50 bits per heavy atom. The molecule has 2 aliphatic heterocycles. The highest BCUT2D eigenvalue weighted by molar-refractivity contribution is 7.87. The molecule has 0 saturated carbocycles. The second kappa shape index (κ2) is 7.25. The Bertz CT molecular complexity index is 669. The summed E-state index contributed by atoms with van der Waals surface area (Å²) < 4.78 is 61.4. The largest absolute Gasteiger partial charge is 0.462 e. The van der Waals surface area contributed by atoms with Crippen molar-refractivity contribution in [2.24, 2.45) is 0 Å². The lowest BCUT2D eigenvalue weighted by Gasteiger charge is -2.15. The van der Waals surface area contributed by atoms with Gasteiger partial charge in [0.1, 0.15) is 11.3 Å². The van der Waals surface area contributed by atoms with Gasteiger partial charge in [0.25, 0.3) is 0 Å². The third-order valence-electron chi connectivity index (χ3n) is 2.32. The number of halogens is 3. The van der Waals surface area contributed by atoms with Crippen molar-refractivity contribution in [2.45, 2.75) is 13.6 Å². The van der Waals surface area contributed by atoms with Crippen LogP contribution in [0.5, 0.6) is 5.75 Å². The van der Waals surface area contributed by atoms with E-state index in [9.17, 15) is 31.2 Å². The Morgan fingerprint density at radius 2 is 1.95 bits per heavy atom. The maximum atomic E-state index is 11.6. The smallest absolute Gasteiger partial charge is 0.379 e. The fourth-order valence-corrected chi connectivity index (χ4v) is 2.52. The van der Waals surface area contributed by atoms with Crippen molar-refractivity contribution in [3.63, 3.8) is 0 Å². The summed E-state index contributed by atoms with van der Waals surface area (Å²) in [5.41, 5.74) is 0.0830. The molecular formula is C12H11F3O6S. The van der Waals surface area contributed by atoms with Gasteiger partial charge in [0.15, 0.2) is 11.5 Å². The normalized spacial score (nSPS) is 15.2. The molecule has 0 aliphatic carbocycles. The zero-order chi connectivity index (χ0) is 16.9. The summed E-state index contributed by atoms with van der Waals surface area (Å²) in [5.74, 6) is -2.20. The number of ketones is 1. The van der Waals surface area contributed by atoms with Crippen molar-refractivity contribution in [3.8, 4) is 5.75 Å². The lowest BCUT2D eigenvalue weighted by molar-refractivity contribution is 0.00816. The summed E-state index contributed by atoms with van der Waals surface area (Å²) in [5, 5.41) is 0. The Balaban J connectivity index is 0.000000541. The average molecular weight is 340 g/mol. The quantitative estimate of drug-likeness (QED) is 0.604. The second-order valence-corrected chi connectivity index (χ2v) is 5.46. The number of esters is 1. The Morgan fingerprint density at radius 1 is 1.36 bits per heavy atom. The van der Waals surface area contributed by atoms with Crippen LogP contribution in [0.15, 0.2) is 18.2 Å². The molecule has 6 nitrogen and oxygen atoms in total. The first-order chi connectivity index (χ1) is 10.2. The van der Waals surface area contributed by atoms with Gasteiger partial charge in [-0.2, -0.15) is 21.6 Å². The minimum absolute atomic E-state index is 0.0639. The number of hydrogen-bond donors (Lipinski definition) is 0. The summed E-state index contributed by atoms with van der Waals surface area (Å²) >= 11 is 0. The van der Waals surface area contributed by atoms with Crippen molar-refractivity contribution in [1.82, 2.24) is 0 Å². The third-order valence-corrected chi connectivity index (χ3v) is 3.37. The molecule has 0 amide bonds. The number of ether oxygens (including phenoxy) is 1. The van der Waals surface area contributed by atoms with Gasteiger partial charge in [0.05, 0.1) is 6.61 Å². The fourth-order valence-electron chi connectivity index (χ4n) is 1.55. The third kappa shape index (κ3) is 5.02. The van der Waals surface area contributed by atoms with E-state index in [2.05, 4.69) is 0 Å². The standard InChI is InChI=1S/C11H10O6S.CHF3/c1-2-16-11(13)8-5-7-3-4-10(8)17-18(14,15)6-9(7)12;2-1(3)4/h3-5H,2,6H2,1H3;1H. The first-order valence-electron chi connectivity index (χ1n) is 5.85. The van der Waals surface area contributed by atoms with Crippen molar-refractivity contribution < 1.29 is 40.1 Å². The Labute approximate surface area is 124 Å². The molecule has 0 spiro atoms. The highest BCUT2D eigenvalue weighted by atomic mass is 32.2. The number of fused-ring (bicyclic) bond motifs is 5. The summed E-state index contributed by atoms with van der Waals surface area (Å²) in [7, 11) is -4.01. The number of alkyl halides is 3. The van der Waals surface area contributed by atoms with E-state index in [-0.39, 0.29) is 23.5 Å². The van der Waals surface area contributed by atoms with E-state index in [4.69, 9.17) is 8.92 Å². The number of carbonyl (C=O) groups is 2. The fraction of sp³-hybridized carbons (Fsp3) is 0.333. The predicted octanol–water partition coefficient (Wildman–Crippen LogP) is 1.95. The molecule has 0 atom stereocenters. The number of benzene rings is 1. The van der Waals surface area contributed by atoms with E-state index in [0.717, 1.165) is 0 Å². The molecule has 10 heteroatoms. The molecule has 3 rings (SSSR count). The number of carbonyl (C=O) groups excluding carboxylic acids is 2. The van der Waals surface area contributed by atoms with Gasteiger partial charge in [-0.3, -0.25) is 4.79 Å². The van der Waals surface area contributed by atoms with Crippen LogP contribution in [0.4, 0.5) is 13.2 Å². The van der Waals surface area contributed by atoms with Crippen LogP contribution >= 0.6 is 0 Å². The molecular weight excluding hydrogens is 329 g/mol. The first-order valence-corrected chi connectivity index (χ1v) is 7.42. The first kappa shape index (κ1) is 18.0. The lowest BCUT2D eigenvalue weighted by atomic mass is 10.1. The van der Waals surface area contributed by atoms with Crippen LogP contribution in [0.25, 0.3) is 0 Å². The van der Waals surface area contributed by atoms with E-state index in [1.54, 1.807) is 6.92 Å². The van der Waals surface area contributed by atoms with Crippen LogP contribution in [0.1, 0.15) is 27.6 Å². The zero-order valence-electron chi connectivity index (χ0n) is 11.2. The molecule has 0 saturated heterocycles. The van der Waals surface area contributed by atoms with Gasteiger partial charge >= 0.3 is 22.8 Å².